The van der Waals surface area contributed by atoms with Gasteiger partial charge in [0.25, 0.3) is 0 Å². The molecular formula is C9H14N2S. The lowest BCUT2D eigenvalue weighted by atomic mass is 10.2. The molecule has 1 rings (SSSR count). The predicted octanol–water partition coefficient (Wildman–Crippen LogP) is 1.46. The molecule has 1 aromatic carbocycles. The van der Waals surface area contributed by atoms with E-state index in [0.717, 1.165) is 23.7 Å². The van der Waals surface area contributed by atoms with E-state index < -0.39 is 0 Å². The van der Waals surface area contributed by atoms with Crippen LogP contribution in [0.1, 0.15) is 5.56 Å². The molecule has 0 fully saturated rings. The minimum atomic E-state index is 0.743. The third kappa shape index (κ3) is 3.15. The van der Waals surface area contributed by atoms with Crippen molar-refractivity contribution in [1.82, 2.24) is 0 Å². The number of nitrogen functional groups attached to an aromatic ring is 1. The molecule has 12 heavy (non-hydrogen) atoms. The second-order valence-corrected chi connectivity index (χ2v) is 3.69. The molecule has 3 heteroatoms. The monoisotopic (exact) mass is 182 g/mol. The Morgan fingerprint density at radius 1 is 1.33 bits per heavy atom. The predicted molar refractivity (Wildman–Crippen MR) is 56.1 cm³/mol. The van der Waals surface area contributed by atoms with E-state index in [1.165, 1.54) is 5.56 Å². The maximum atomic E-state index is 5.63. The van der Waals surface area contributed by atoms with Crippen LogP contribution in [-0.2, 0) is 5.75 Å². The van der Waals surface area contributed by atoms with E-state index in [2.05, 4.69) is 6.07 Å². The second-order valence-electron chi connectivity index (χ2n) is 2.59. The average molecular weight is 182 g/mol. The fraction of sp³-hybridized carbons (Fsp3) is 0.333. The van der Waals surface area contributed by atoms with Crippen LogP contribution in [0.25, 0.3) is 0 Å². The van der Waals surface area contributed by atoms with Gasteiger partial charge in [-0.15, -0.1) is 0 Å². The van der Waals surface area contributed by atoms with Crippen LogP contribution in [0.3, 0.4) is 0 Å². The van der Waals surface area contributed by atoms with Crippen molar-refractivity contribution in [1.29, 1.82) is 0 Å². The zero-order chi connectivity index (χ0) is 8.81. The Morgan fingerprint density at radius 3 is 2.83 bits per heavy atom. The summed E-state index contributed by atoms with van der Waals surface area (Å²) in [5, 5.41) is 0. The summed E-state index contributed by atoms with van der Waals surface area (Å²) < 4.78 is 0. The van der Waals surface area contributed by atoms with E-state index >= 15 is 0 Å². The van der Waals surface area contributed by atoms with Crippen LogP contribution >= 0.6 is 11.8 Å². The highest BCUT2D eigenvalue weighted by molar-refractivity contribution is 7.98. The van der Waals surface area contributed by atoms with Crippen molar-refractivity contribution in [2.24, 2.45) is 5.73 Å². The number of benzene rings is 1. The molecule has 2 nitrogen and oxygen atoms in total. The van der Waals surface area contributed by atoms with Crippen LogP contribution in [0, 0.1) is 0 Å². The van der Waals surface area contributed by atoms with Crippen LogP contribution in [0.4, 0.5) is 5.69 Å². The van der Waals surface area contributed by atoms with Crippen LogP contribution in [0.15, 0.2) is 24.3 Å². The molecular weight excluding hydrogens is 168 g/mol. The molecule has 0 aromatic heterocycles. The number of hydrogen-bond donors (Lipinski definition) is 2. The zero-order valence-corrected chi connectivity index (χ0v) is 7.81. The van der Waals surface area contributed by atoms with E-state index in [4.69, 9.17) is 11.5 Å². The molecule has 0 bridgehead atoms. The van der Waals surface area contributed by atoms with Gasteiger partial charge in [0.1, 0.15) is 0 Å². The lowest BCUT2D eigenvalue weighted by Crippen LogP contribution is -2.01. The topological polar surface area (TPSA) is 52.0 Å². The highest BCUT2D eigenvalue weighted by atomic mass is 32.2. The Balaban J connectivity index is 2.41. The van der Waals surface area contributed by atoms with E-state index in [1.54, 1.807) is 0 Å². The number of nitrogens with two attached hydrogens (primary N) is 2. The molecule has 0 atom stereocenters. The zero-order valence-electron chi connectivity index (χ0n) is 6.99. The maximum absolute atomic E-state index is 5.63. The van der Waals surface area contributed by atoms with E-state index in [9.17, 15) is 0 Å². The Bertz CT molecular complexity index is 238. The van der Waals surface area contributed by atoms with Gasteiger partial charge in [0.15, 0.2) is 0 Å². The summed E-state index contributed by atoms with van der Waals surface area (Å²) in [5.41, 5.74) is 13.1. The first kappa shape index (κ1) is 9.42. The molecule has 4 N–H and O–H groups in total. The minimum absolute atomic E-state index is 0.743. The van der Waals surface area contributed by atoms with Gasteiger partial charge in [0.2, 0.25) is 0 Å². The molecule has 0 heterocycles. The smallest absolute Gasteiger partial charge is 0.0317 e. The molecule has 0 saturated carbocycles. The molecule has 0 saturated heterocycles. The van der Waals surface area contributed by atoms with Gasteiger partial charge in [0.05, 0.1) is 0 Å². The highest BCUT2D eigenvalue weighted by Gasteiger charge is 1.92. The summed E-state index contributed by atoms with van der Waals surface area (Å²) >= 11 is 1.83. The van der Waals surface area contributed by atoms with Gasteiger partial charge in [-0.25, -0.2) is 0 Å². The first-order valence-corrected chi connectivity index (χ1v) is 5.10. The Morgan fingerprint density at radius 2 is 2.17 bits per heavy atom. The van der Waals surface area contributed by atoms with Crippen molar-refractivity contribution in [2.75, 3.05) is 18.0 Å². The third-order valence-corrected chi connectivity index (χ3v) is 2.54. The molecule has 0 unspecified atom stereocenters. The first-order chi connectivity index (χ1) is 5.83. The number of anilines is 1. The molecule has 66 valence electrons. The largest absolute Gasteiger partial charge is 0.399 e. The van der Waals surface area contributed by atoms with Gasteiger partial charge in [-0.2, -0.15) is 11.8 Å². The molecule has 0 amide bonds. The summed E-state index contributed by atoms with van der Waals surface area (Å²) in [7, 11) is 0. The maximum Gasteiger partial charge on any atom is 0.0317 e. The number of rotatable bonds is 4. The van der Waals surface area contributed by atoms with Crippen molar-refractivity contribution < 1.29 is 0 Å². The first-order valence-electron chi connectivity index (χ1n) is 3.95. The van der Waals surface area contributed by atoms with Crippen LogP contribution in [0.2, 0.25) is 0 Å². The number of thioether (sulfide) groups is 1. The van der Waals surface area contributed by atoms with Crippen LogP contribution in [0.5, 0.6) is 0 Å². The summed E-state index contributed by atoms with van der Waals surface area (Å²) in [6.45, 7) is 0.743. The molecule has 0 aliphatic carbocycles. The van der Waals surface area contributed by atoms with Gasteiger partial charge in [-0.05, 0) is 17.7 Å². The Hall–Kier alpha value is -0.670. The standard InChI is InChI=1S/C9H14N2S/c10-4-5-12-7-8-2-1-3-9(11)6-8/h1-3,6H,4-5,7,10-11H2. The summed E-state index contributed by atoms with van der Waals surface area (Å²) in [5.74, 6) is 2.01. The highest BCUT2D eigenvalue weighted by Crippen LogP contribution is 2.13. The number of hydrogen-bond acceptors (Lipinski definition) is 3. The molecule has 0 aliphatic rings. The van der Waals surface area contributed by atoms with Crippen molar-refractivity contribution in [3.63, 3.8) is 0 Å². The molecule has 0 radical (unpaired) electrons. The minimum Gasteiger partial charge on any atom is -0.399 e. The summed E-state index contributed by atoms with van der Waals surface area (Å²) in [6, 6.07) is 7.97. The van der Waals surface area contributed by atoms with Gasteiger partial charge in [-0.1, -0.05) is 12.1 Å². The van der Waals surface area contributed by atoms with Gasteiger partial charge in [0, 0.05) is 23.7 Å². The molecule has 1 aromatic rings. The second kappa shape index (κ2) is 5.06. The van der Waals surface area contributed by atoms with Gasteiger partial charge >= 0.3 is 0 Å². The lowest BCUT2D eigenvalue weighted by Gasteiger charge is -2.00. The van der Waals surface area contributed by atoms with E-state index in [-0.39, 0.29) is 0 Å². The van der Waals surface area contributed by atoms with E-state index in [1.807, 2.05) is 30.0 Å². The van der Waals surface area contributed by atoms with E-state index in [0.29, 0.717) is 0 Å². The fourth-order valence-electron chi connectivity index (χ4n) is 0.956. The van der Waals surface area contributed by atoms with Crippen molar-refractivity contribution in [2.45, 2.75) is 5.75 Å². The Kier molecular flexibility index (Phi) is 3.97. The summed E-state index contributed by atoms with van der Waals surface area (Å²) in [6.07, 6.45) is 0. The van der Waals surface area contributed by atoms with Gasteiger partial charge < -0.3 is 11.5 Å². The van der Waals surface area contributed by atoms with Crippen molar-refractivity contribution in [3.8, 4) is 0 Å². The fourth-order valence-corrected chi connectivity index (χ4v) is 1.68. The van der Waals surface area contributed by atoms with Gasteiger partial charge in [-0.3, -0.25) is 0 Å². The molecule has 0 aliphatic heterocycles. The summed E-state index contributed by atoms with van der Waals surface area (Å²) in [4.78, 5) is 0. The molecule has 0 spiro atoms. The van der Waals surface area contributed by atoms with Crippen LogP contribution in [-0.4, -0.2) is 12.3 Å². The van der Waals surface area contributed by atoms with Crippen molar-refractivity contribution in [3.05, 3.63) is 29.8 Å². The lowest BCUT2D eigenvalue weighted by molar-refractivity contribution is 1.15. The SMILES string of the molecule is NCCSCc1cccc(N)c1. The third-order valence-electron chi connectivity index (χ3n) is 1.48. The Labute approximate surface area is 77.3 Å². The van der Waals surface area contributed by atoms with Crippen molar-refractivity contribution >= 4 is 17.4 Å². The normalized spacial score (nSPS) is 10.1. The quantitative estimate of drug-likeness (QED) is 0.547. The van der Waals surface area contributed by atoms with Crippen LogP contribution < -0.4 is 11.5 Å². The average Bonchev–Trinajstić information content (AvgIpc) is 2.05.